The van der Waals surface area contributed by atoms with Gasteiger partial charge in [-0.25, -0.2) is 9.59 Å². The highest BCUT2D eigenvalue weighted by atomic mass is 79.9. The van der Waals surface area contributed by atoms with Crippen molar-refractivity contribution < 1.29 is 19.1 Å². The second kappa shape index (κ2) is 6.20. The van der Waals surface area contributed by atoms with Gasteiger partial charge in [-0.15, -0.1) is 0 Å². The van der Waals surface area contributed by atoms with E-state index in [0.29, 0.717) is 5.75 Å². The van der Waals surface area contributed by atoms with Crippen LogP contribution in [0.4, 0.5) is 0 Å². The SMILES string of the molecule is C=C(C)C(=O)OCC(=O)Oc1ccc(Br)cc1. The molecule has 1 aromatic carbocycles. The van der Waals surface area contributed by atoms with Crippen LogP contribution in [-0.4, -0.2) is 18.5 Å². The number of esters is 2. The number of halogens is 1. The van der Waals surface area contributed by atoms with E-state index in [9.17, 15) is 9.59 Å². The van der Waals surface area contributed by atoms with Crippen LogP contribution in [0.1, 0.15) is 6.92 Å². The van der Waals surface area contributed by atoms with Crippen LogP contribution in [0.15, 0.2) is 40.9 Å². The molecule has 1 aromatic rings. The average Bonchev–Trinajstić information content (AvgIpc) is 2.29. The maximum Gasteiger partial charge on any atom is 0.349 e. The molecule has 0 radical (unpaired) electrons. The maximum absolute atomic E-state index is 11.3. The molecule has 0 fully saturated rings. The van der Waals surface area contributed by atoms with E-state index < -0.39 is 18.5 Å². The molecular weight excluding hydrogens is 288 g/mol. The van der Waals surface area contributed by atoms with Crippen molar-refractivity contribution >= 4 is 27.9 Å². The normalized spacial score (nSPS) is 9.53. The van der Waals surface area contributed by atoms with Gasteiger partial charge in [0.2, 0.25) is 0 Å². The molecule has 0 N–H and O–H groups in total. The molecule has 0 saturated carbocycles. The second-order valence-corrected chi connectivity index (χ2v) is 4.20. The minimum absolute atomic E-state index is 0.237. The van der Waals surface area contributed by atoms with Gasteiger partial charge in [-0.1, -0.05) is 22.5 Å². The van der Waals surface area contributed by atoms with E-state index in [4.69, 9.17) is 4.74 Å². The molecule has 0 aliphatic rings. The molecule has 0 heterocycles. The van der Waals surface area contributed by atoms with Gasteiger partial charge in [-0.05, 0) is 31.2 Å². The monoisotopic (exact) mass is 298 g/mol. The number of carbonyl (C=O) groups excluding carboxylic acids is 2. The van der Waals surface area contributed by atoms with Gasteiger partial charge < -0.3 is 9.47 Å². The van der Waals surface area contributed by atoms with Gasteiger partial charge in [0, 0.05) is 10.0 Å². The van der Waals surface area contributed by atoms with Crippen molar-refractivity contribution in [3.8, 4) is 5.75 Å². The van der Waals surface area contributed by atoms with E-state index in [1.807, 2.05) is 0 Å². The van der Waals surface area contributed by atoms with Gasteiger partial charge in [-0.2, -0.15) is 0 Å². The van der Waals surface area contributed by atoms with Crippen molar-refractivity contribution in [1.29, 1.82) is 0 Å². The van der Waals surface area contributed by atoms with Crippen LogP contribution in [0.25, 0.3) is 0 Å². The van der Waals surface area contributed by atoms with Gasteiger partial charge in [0.15, 0.2) is 6.61 Å². The Labute approximate surface area is 107 Å². The Balaban J connectivity index is 2.42. The van der Waals surface area contributed by atoms with E-state index in [0.717, 1.165) is 4.47 Å². The first-order chi connectivity index (χ1) is 7.99. The summed E-state index contributed by atoms with van der Waals surface area (Å²) in [4.78, 5) is 22.3. The summed E-state index contributed by atoms with van der Waals surface area (Å²) in [5.41, 5.74) is 0.237. The van der Waals surface area contributed by atoms with E-state index in [2.05, 4.69) is 27.2 Å². The Morgan fingerprint density at radius 3 is 2.41 bits per heavy atom. The molecule has 0 spiro atoms. The fraction of sp³-hybridized carbons (Fsp3) is 0.167. The summed E-state index contributed by atoms with van der Waals surface area (Å²) < 4.78 is 10.5. The van der Waals surface area contributed by atoms with Gasteiger partial charge in [0.05, 0.1) is 0 Å². The Morgan fingerprint density at radius 2 is 1.88 bits per heavy atom. The highest BCUT2D eigenvalue weighted by Gasteiger charge is 2.09. The lowest BCUT2D eigenvalue weighted by Crippen LogP contribution is -2.18. The van der Waals surface area contributed by atoms with E-state index in [-0.39, 0.29) is 5.57 Å². The smallest absolute Gasteiger partial charge is 0.349 e. The molecule has 4 nitrogen and oxygen atoms in total. The molecule has 0 bridgehead atoms. The first-order valence-corrected chi connectivity index (χ1v) is 5.57. The van der Waals surface area contributed by atoms with Crippen LogP contribution in [0.5, 0.6) is 5.75 Å². The Morgan fingerprint density at radius 1 is 1.29 bits per heavy atom. The second-order valence-electron chi connectivity index (χ2n) is 3.28. The summed E-state index contributed by atoms with van der Waals surface area (Å²) in [6, 6.07) is 6.73. The topological polar surface area (TPSA) is 52.6 Å². The number of benzene rings is 1. The molecule has 0 saturated heterocycles. The van der Waals surface area contributed by atoms with Crippen LogP contribution in [0.3, 0.4) is 0 Å². The molecule has 5 heteroatoms. The number of rotatable bonds is 4. The summed E-state index contributed by atoms with van der Waals surface area (Å²) in [5.74, 6) is -0.857. The maximum atomic E-state index is 11.3. The van der Waals surface area contributed by atoms with Crippen LogP contribution in [0.2, 0.25) is 0 Å². The largest absolute Gasteiger partial charge is 0.450 e. The Bertz CT molecular complexity index is 436. The van der Waals surface area contributed by atoms with E-state index >= 15 is 0 Å². The standard InChI is InChI=1S/C12H11BrO4/c1-8(2)12(15)16-7-11(14)17-10-5-3-9(13)4-6-10/h3-6H,1,7H2,2H3. The van der Waals surface area contributed by atoms with E-state index in [1.54, 1.807) is 24.3 Å². The molecule has 0 aliphatic carbocycles. The van der Waals surface area contributed by atoms with Crippen LogP contribution >= 0.6 is 15.9 Å². The van der Waals surface area contributed by atoms with Crippen LogP contribution in [0, 0.1) is 0 Å². The fourth-order valence-corrected chi connectivity index (χ4v) is 1.18. The summed E-state index contributed by atoms with van der Waals surface area (Å²) in [6.45, 7) is 4.47. The van der Waals surface area contributed by atoms with Crippen molar-refractivity contribution in [3.63, 3.8) is 0 Å². The number of hydrogen-bond acceptors (Lipinski definition) is 4. The minimum Gasteiger partial charge on any atom is -0.450 e. The Kier molecular flexibility index (Phi) is 4.90. The lowest BCUT2D eigenvalue weighted by atomic mass is 10.3. The van der Waals surface area contributed by atoms with Crippen LogP contribution in [-0.2, 0) is 14.3 Å². The molecule has 0 aliphatic heterocycles. The highest BCUT2D eigenvalue weighted by molar-refractivity contribution is 9.10. The van der Waals surface area contributed by atoms with Gasteiger partial charge >= 0.3 is 11.9 Å². The zero-order chi connectivity index (χ0) is 12.8. The lowest BCUT2D eigenvalue weighted by Gasteiger charge is -2.05. The van der Waals surface area contributed by atoms with Gasteiger partial charge in [0.25, 0.3) is 0 Å². The van der Waals surface area contributed by atoms with Crippen molar-refractivity contribution in [1.82, 2.24) is 0 Å². The lowest BCUT2D eigenvalue weighted by molar-refractivity contribution is -0.150. The third-order valence-electron chi connectivity index (χ3n) is 1.71. The molecule has 1 rings (SSSR count). The molecule has 0 atom stereocenters. The predicted molar refractivity (Wildman–Crippen MR) is 65.6 cm³/mol. The molecule has 0 amide bonds. The van der Waals surface area contributed by atoms with Gasteiger partial charge in [-0.3, -0.25) is 0 Å². The average molecular weight is 299 g/mol. The number of ether oxygens (including phenoxy) is 2. The van der Waals surface area contributed by atoms with Crippen molar-refractivity contribution in [2.24, 2.45) is 0 Å². The summed E-state index contributed by atoms with van der Waals surface area (Å²) in [6.07, 6.45) is 0. The first kappa shape index (κ1) is 13.4. The quantitative estimate of drug-likeness (QED) is 0.487. The number of carbonyl (C=O) groups is 2. The molecule has 17 heavy (non-hydrogen) atoms. The van der Waals surface area contributed by atoms with Crippen LogP contribution < -0.4 is 4.74 Å². The zero-order valence-electron chi connectivity index (χ0n) is 9.23. The summed E-state index contributed by atoms with van der Waals surface area (Å²) in [7, 11) is 0. The highest BCUT2D eigenvalue weighted by Crippen LogP contribution is 2.16. The Hall–Kier alpha value is -1.62. The summed E-state index contributed by atoms with van der Waals surface area (Å²) >= 11 is 3.26. The first-order valence-electron chi connectivity index (χ1n) is 4.78. The predicted octanol–water partition coefficient (Wildman–Crippen LogP) is 2.47. The molecular formula is C12H11BrO4. The van der Waals surface area contributed by atoms with Crippen molar-refractivity contribution in [2.75, 3.05) is 6.61 Å². The molecule has 0 unspecified atom stereocenters. The third-order valence-corrected chi connectivity index (χ3v) is 2.24. The fourth-order valence-electron chi connectivity index (χ4n) is 0.911. The third kappa shape index (κ3) is 4.82. The van der Waals surface area contributed by atoms with Crippen molar-refractivity contribution in [3.05, 3.63) is 40.9 Å². The van der Waals surface area contributed by atoms with Crippen molar-refractivity contribution in [2.45, 2.75) is 6.92 Å². The minimum atomic E-state index is -0.637. The zero-order valence-corrected chi connectivity index (χ0v) is 10.8. The molecule has 90 valence electrons. The van der Waals surface area contributed by atoms with Gasteiger partial charge in [0.1, 0.15) is 5.75 Å². The summed E-state index contributed by atoms with van der Waals surface area (Å²) in [5, 5.41) is 0. The molecule has 0 aromatic heterocycles. The number of hydrogen-bond donors (Lipinski definition) is 0. The van der Waals surface area contributed by atoms with E-state index in [1.165, 1.54) is 6.92 Å².